The van der Waals surface area contributed by atoms with Crippen LogP contribution in [0, 0.1) is 0 Å². The molecule has 0 saturated heterocycles. The Hall–Kier alpha value is -3.05. The molecular weight excluding hydrogens is 388 g/mol. The molecule has 5 aromatic rings. The van der Waals surface area contributed by atoms with Gasteiger partial charge in [0.05, 0.1) is 11.2 Å². The van der Waals surface area contributed by atoms with Crippen molar-refractivity contribution < 1.29 is 0 Å². The topological polar surface area (TPSA) is 43.1 Å². The Morgan fingerprint density at radius 3 is 2.35 bits per heavy atom. The Kier molecular flexibility index (Phi) is 3.53. The van der Waals surface area contributed by atoms with Crippen LogP contribution >= 0.6 is 15.9 Å². The lowest BCUT2D eigenvalue weighted by Gasteiger charge is -2.07. The fourth-order valence-corrected chi connectivity index (χ4v) is 3.52. The van der Waals surface area contributed by atoms with Gasteiger partial charge in [-0.05, 0) is 18.2 Å². The van der Waals surface area contributed by atoms with Gasteiger partial charge in [0.25, 0.3) is 5.78 Å². The van der Waals surface area contributed by atoms with Crippen LogP contribution in [0.5, 0.6) is 0 Å². The average molecular weight is 401 g/mol. The lowest BCUT2D eigenvalue weighted by molar-refractivity contribution is 0.988. The van der Waals surface area contributed by atoms with Gasteiger partial charge in [-0.25, -0.2) is 4.98 Å². The summed E-state index contributed by atoms with van der Waals surface area (Å²) in [6.07, 6.45) is 0. The van der Waals surface area contributed by atoms with Crippen LogP contribution < -0.4 is 0 Å². The molecule has 0 aliphatic carbocycles. The van der Waals surface area contributed by atoms with E-state index in [1.807, 2.05) is 59.1 Å². The molecule has 0 spiro atoms. The number of fused-ring (bicyclic) bond motifs is 3. The molecule has 0 aliphatic rings. The van der Waals surface area contributed by atoms with E-state index in [1.165, 1.54) is 0 Å². The van der Waals surface area contributed by atoms with Crippen molar-refractivity contribution in [2.75, 3.05) is 0 Å². The van der Waals surface area contributed by atoms with E-state index in [-0.39, 0.29) is 0 Å². The third kappa shape index (κ3) is 2.48. The lowest BCUT2D eigenvalue weighted by atomic mass is 10.1. The quantitative estimate of drug-likeness (QED) is 0.399. The van der Waals surface area contributed by atoms with Crippen LogP contribution in [0.4, 0.5) is 0 Å². The number of hydrogen-bond acceptors (Lipinski definition) is 3. The van der Waals surface area contributed by atoms with Gasteiger partial charge in [-0.2, -0.15) is 9.50 Å². The number of rotatable bonds is 2. The van der Waals surface area contributed by atoms with Gasteiger partial charge >= 0.3 is 0 Å². The van der Waals surface area contributed by atoms with E-state index in [2.05, 4.69) is 45.2 Å². The maximum atomic E-state index is 4.82. The molecule has 3 aromatic carbocycles. The molecule has 5 rings (SSSR count). The van der Waals surface area contributed by atoms with Crippen molar-refractivity contribution in [2.45, 2.75) is 0 Å². The standard InChI is InChI=1S/C21H13BrN4/c22-16-10-6-9-15(13-16)20-24-21-23-19(14-7-2-1-3-8-14)17-11-4-5-12-18(17)26(21)25-20/h1-13H. The zero-order valence-electron chi connectivity index (χ0n) is 13.7. The fourth-order valence-electron chi connectivity index (χ4n) is 3.12. The van der Waals surface area contributed by atoms with E-state index in [4.69, 9.17) is 10.1 Å². The summed E-state index contributed by atoms with van der Waals surface area (Å²) in [4.78, 5) is 9.50. The summed E-state index contributed by atoms with van der Waals surface area (Å²) in [6, 6.07) is 26.3. The second kappa shape index (κ2) is 6.04. The van der Waals surface area contributed by atoms with Crippen molar-refractivity contribution in [3.8, 4) is 22.6 Å². The largest absolute Gasteiger partial charge is 0.253 e. The number of para-hydroxylation sites is 1. The van der Waals surface area contributed by atoms with Gasteiger partial charge in [-0.3, -0.25) is 0 Å². The van der Waals surface area contributed by atoms with Gasteiger partial charge in [-0.1, -0.05) is 76.6 Å². The molecule has 5 heteroatoms. The first-order chi connectivity index (χ1) is 12.8. The minimum Gasteiger partial charge on any atom is -0.210 e. The minimum atomic E-state index is 0.595. The molecule has 0 N–H and O–H groups in total. The van der Waals surface area contributed by atoms with Crippen LogP contribution in [0.25, 0.3) is 39.3 Å². The van der Waals surface area contributed by atoms with Crippen LogP contribution in [0.3, 0.4) is 0 Å². The zero-order chi connectivity index (χ0) is 17.5. The summed E-state index contributed by atoms with van der Waals surface area (Å²) in [5.74, 6) is 1.26. The number of benzene rings is 3. The number of halogens is 1. The molecule has 26 heavy (non-hydrogen) atoms. The normalized spacial score (nSPS) is 11.3. The number of nitrogens with zero attached hydrogens (tertiary/aromatic N) is 4. The van der Waals surface area contributed by atoms with E-state index in [0.29, 0.717) is 11.6 Å². The Morgan fingerprint density at radius 1 is 0.731 bits per heavy atom. The number of aromatic nitrogens is 4. The van der Waals surface area contributed by atoms with E-state index in [0.717, 1.165) is 32.2 Å². The van der Waals surface area contributed by atoms with Crippen molar-refractivity contribution in [1.29, 1.82) is 0 Å². The van der Waals surface area contributed by atoms with Gasteiger partial charge in [0, 0.05) is 21.0 Å². The first-order valence-electron chi connectivity index (χ1n) is 8.26. The van der Waals surface area contributed by atoms with Crippen molar-refractivity contribution in [3.63, 3.8) is 0 Å². The molecule has 124 valence electrons. The van der Waals surface area contributed by atoms with E-state index < -0.39 is 0 Å². The molecule has 0 bridgehead atoms. The molecule has 0 unspecified atom stereocenters. The smallest absolute Gasteiger partial charge is 0.210 e. The van der Waals surface area contributed by atoms with Gasteiger partial charge in [0.15, 0.2) is 5.82 Å². The van der Waals surface area contributed by atoms with Gasteiger partial charge in [0.2, 0.25) is 0 Å². The van der Waals surface area contributed by atoms with E-state index >= 15 is 0 Å². The highest BCUT2D eigenvalue weighted by Gasteiger charge is 2.14. The molecule has 2 aromatic heterocycles. The summed E-state index contributed by atoms with van der Waals surface area (Å²) in [5, 5.41) is 5.76. The van der Waals surface area contributed by atoms with E-state index in [1.54, 1.807) is 0 Å². The van der Waals surface area contributed by atoms with Gasteiger partial charge in [0.1, 0.15) is 0 Å². The van der Waals surface area contributed by atoms with Crippen LogP contribution in [0.1, 0.15) is 0 Å². The zero-order valence-corrected chi connectivity index (χ0v) is 15.3. The van der Waals surface area contributed by atoms with Gasteiger partial charge in [-0.15, -0.1) is 5.10 Å². The predicted octanol–water partition coefficient (Wildman–Crippen LogP) is 5.37. The highest BCUT2D eigenvalue weighted by molar-refractivity contribution is 9.10. The Balaban J connectivity index is 1.82. The highest BCUT2D eigenvalue weighted by Crippen LogP contribution is 2.28. The summed E-state index contributed by atoms with van der Waals surface area (Å²) in [7, 11) is 0. The third-order valence-electron chi connectivity index (χ3n) is 4.32. The summed E-state index contributed by atoms with van der Waals surface area (Å²) in [5.41, 5.74) is 3.93. The van der Waals surface area contributed by atoms with Crippen LogP contribution in [0.15, 0.2) is 83.3 Å². The SMILES string of the molecule is Brc1cccc(-c2nc3nc(-c4ccccc4)c4ccccc4n3n2)c1. The van der Waals surface area contributed by atoms with Crippen LogP contribution in [-0.2, 0) is 0 Å². The van der Waals surface area contributed by atoms with Crippen molar-refractivity contribution in [1.82, 2.24) is 19.6 Å². The molecule has 0 radical (unpaired) electrons. The second-order valence-electron chi connectivity index (χ2n) is 6.00. The van der Waals surface area contributed by atoms with Crippen molar-refractivity contribution in [3.05, 3.63) is 83.3 Å². The Labute approximate surface area is 158 Å². The van der Waals surface area contributed by atoms with Crippen molar-refractivity contribution in [2.24, 2.45) is 0 Å². The van der Waals surface area contributed by atoms with Gasteiger partial charge < -0.3 is 0 Å². The molecule has 4 nitrogen and oxygen atoms in total. The average Bonchev–Trinajstić information content (AvgIpc) is 3.13. The summed E-state index contributed by atoms with van der Waals surface area (Å²) < 4.78 is 2.81. The third-order valence-corrected chi connectivity index (χ3v) is 4.81. The van der Waals surface area contributed by atoms with Crippen LogP contribution in [-0.4, -0.2) is 19.6 Å². The maximum Gasteiger partial charge on any atom is 0.253 e. The molecule has 0 saturated carbocycles. The minimum absolute atomic E-state index is 0.595. The maximum absolute atomic E-state index is 4.82. The molecule has 0 aliphatic heterocycles. The Bertz CT molecular complexity index is 1250. The van der Waals surface area contributed by atoms with E-state index in [9.17, 15) is 0 Å². The molecule has 2 heterocycles. The molecule has 0 amide bonds. The predicted molar refractivity (Wildman–Crippen MR) is 107 cm³/mol. The second-order valence-corrected chi connectivity index (χ2v) is 6.92. The fraction of sp³-hybridized carbons (Fsp3) is 0. The first-order valence-corrected chi connectivity index (χ1v) is 9.06. The highest BCUT2D eigenvalue weighted by atomic mass is 79.9. The first kappa shape index (κ1) is 15.2. The van der Waals surface area contributed by atoms with Crippen LogP contribution in [0.2, 0.25) is 0 Å². The van der Waals surface area contributed by atoms with Crippen molar-refractivity contribution >= 4 is 32.6 Å². The number of hydrogen-bond donors (Lipinski definition) is 0. The Morgan fingerprint density at radius 2 is 1.50 bits per heavy atom. The molecule has 0 fully saturated rings. The molecule has 0 atom stereocenters. The summed E-state index contributed by atoms with van der Waals surface area (Å²) in [6.45, 7) is 0. The summed E-state index contributed by atoms with van der Waals surface area (Å²) >= 11 is 3.51. The lowest BCUT2D eigenvalue weighted by Crippen LogP contribution is -1.97. The monoisotopic (exact) mass is 400 g/mol. The molecular formula is C21H13BrN4.